The highest BCUT2D eigenvalue weighted by Gasteiger charge is 2.48. The van der Waals surface area contributed by atoms with Gasteiger partial charge in [0, 0.05) is 28.0 Å². The number of fused-ring (bicyclic) bond motifs is 7. The van der Waals surface area contributed by atoms with Gasteiger partial charge in [0.25, 0.3) is 0 Å². The summed E-state index contributed by atoms with van der Waals surface area (Å²) < 4.78 is 6.71. The Morgan fingerprint density at radius 2 is 0.899 bits per heavy atom. The van der Waals surface area contributed by atoms with Crippen LogP contribution in [0, 0.1) is 0 Å². The van der Waals surface area contributed by atoms with Gasteiger partial charge in [0.2, 0.25) is 0 Å². The zero-order valence-corrected chi connectivity index (χ0v) is 39.3. The molecule has 3 heteroatoms. The summed E-state index contributed by atoms with van der Waals surface area (Å²) in [5.41, 5.74) is 19.8. The normalized spacial score (nSPS) is 14.5. The largest absolute Gasteiger partial charge is 0.455 e. The molecule has 1 heterocycles. The van der Waals surface area contributed by atoms with E-state index in [2.05, 4.69) is 261 Å². The molecule has 3 aliphatic rings. The first-order valence-corrected chi connectivity index (χ1v) is 24.6. The van der Waals surface area contributed by atoms with Gasteiger partial charge in [-0.15, -0.1) is 0 Å². The van der Waals surface area contributed by atoms with Gasteiger partial charge in [-0.1, -0.05) is 220 Å². The molecule has 69 heavy (non-hydrogen) atoms. The summed E-state index contributed by atoms with van der Waals surface area (Å²) in [5.74, 6) is 1.79. The van der Waals surface area contributed by atoms with Crippen LogP contribution in [0.3, 0.4) is 0 Å². The Balaban J connectivity index is 1.05. The molecule has 328 valence electrons. The van der Waals surface area contributed by atoms with Crippen molar-refractivity contribution in [3.05, 3.63) is 293 Å². The molecular weight excluding hydrogens is 855 g/mol. The maximum Gasteiger partial charge on any atom is 0.142 e. The average Bonchev–Trinajstić information content (AvgIpc) is 3.84. The number of allylic oxidation sites excluding steroid dienone is 1. The van der Waals surface area contributed by atoms with Crippen molar-refractivity contribution in [1.82, 2.24) is 0 Å². The molecule has 0 radical (unpaired) electrons. The first kappa shape index (κ1) is 41.1. The van der Waals surface area contributed by atoms with E-state index in [1.807, 2.05) is 17.8 Å². The fourth-order valence-electron chi connectivity index (χ4n) is 11.6. The van der Waals surface area contributed by atoms with Gasteiger partial charge >= 0.3 is 0 Å². The molecule has 0 fully saturated rings. The highest BCUT2D eigenvalue weighted by atomic mass is 32.2. The van der Waals surface area contributed by atoms with Gasteiger partial charge in [0.1, 0.15) is 11.5 Å². The number of benzene rings is 10. The number of rotatable bonds is 8. The van der Waals surface area contributed by atoms with Crippen molar-refractivity contribution in [2.75, 3.05) is 4.90 Å². The lowest BCUT2D eigenvalue weighted by molar-refractivity contribution is 0.454. The second-order valence-electron chi connectivity index (χ2n) is 18.8. The number of hydrogen-bond donors (Lipinski definition) is 0. The molecule has 2 nitrogen and oxygen atoms in total. The van der Waals surface area contributed by atoms with Gasteiger partial charge in [0.05, 0.1) is 15.2 Å². The standard InChI is InChI=1S/C66H47NOS/c1-65(2)56-42-51(36-38-53(56)61(46-22-10-4-11-23-46)63(65)47-24-12-5-13-25-47)67(50-34-32-45(33-35-50)44-20-8-3-9-21-44)52-37-39-54-57(43-52)66(48-26-14-6-15-27-48,49-28-16-7-17-29-49)55-40-41-59-64(62(54)55)69-60-31-19-18-30-58(60)68-59/h3-43H,1-2H3. The Hall–Kier alpha value is -8.11. The van der Waals surface area contributed by atoms with Crippen molar-refractivity contribution in [3.63, 3.8) is 0 Å². The van der Waals surface area contributed by atoms with Crippen LogP contribution < -0.4 is 9.64 Å². The maximum atomic E-state index is 6.71. The van der Waals surface area contributed by atoms with Crippen LogP contribution in [-0.4, -0.2) is 0 Å². The summed E-state index contributed by atoms with van der Waals surface area (Å²) in [5, 5.41) is 0. The minimum atomic E-state index is -0.627. The van der Waals surface area contributed by atoms with Crippen LogP contribution in [0.25, 0.3) is 33.4 Å². The zero-order valence-electron chi connectivity index (χ0n) is 38.4. The molecule has 0 spiro atoms. The van der Waals surface area contributed by atoms with E-state index in [-0.39, 0.29) is 5.41 Å². The van der Waals surface area contributed by atoms with E-state index in [1.54, 1.807) is 0 Å². The maximum absolute atomic E-state index is 6.71. The van der Waals surface area contributed by atoms with Crippen LogP contribution >= 0.6 is 11.8 Å². The minimum absolute atomic E-state index is 0.298. The van der Waals surface area contributed by atoms with Gasteiger partial charge in [-0.3, -0.25) is 0 Å². The number of para-hydroxylation sites is 1. The molecular formula is C66H47NOS. The molecule has 0 N–H and O–H groups in total. The van der Waals surface area contributed by atoms with E-state index in [4.69, 9.17) is 4.74 Å². The van der Waals surface area contributed by atoms with E-state index in [0.29, 0.717) is 0 Å². The van der Waals surface area contributed by atoms with Crippen molar-refractivity contribution in [1.29, 1.82) is 0 Å². The first-order chi connectivity index (χ1) is 34.0. The highest BCUT2D eigenvalue weighted by molar-refractivity contribution is 7.99. The van der Waals surface area contributed by atoms with Crippen molar-refractivity contribution in [2.24, 2.45) is 0 Å². The third kappa shape index (κ3) is 6.49. The van der Waals surface area contributed by atoms with E-state index in [9.17, 15) is 0 Å². The predicted molar refractivity (Wildman–Crippen MR) is 286 cm³/mol. The molecule has 0 amide bonds. The third-order valence-corrected chi connectivity index (χ3v) is 15.8. The topological polar surface area (TPSA) is 12.5 Å². The highest BCUT2D eigenvalue weighted by Crippen LogP contribution is 2.63. The molecule has 2 aliphatic carbocycles. The van der Waals surface area contributed by atoms with E-state index >= 15 is 0 Å². The molecule has 0 bridgehead atoms. The Kier molecular flexibility index (Phi) is 9.71. The van der Waals surface area contributed by atoms with Gasteiger partial charge in [-0.2, -0.15) is 0 Å². The van der Waals surface area contributed by atoms with Crippen LogP contribution in [-0.2, 0) is 10.8 Å². The Morgan fingerprint density at radius 1 is 0.391 bits per heavy atom. The molecule has 0 saturated carbocycles. The van der Waals surface area contributed by atoms with Crippen molar-refractivity contribution >= 4 is 40.0 Å². The average molecular weight is 902 g/mol. The minimum Gasteiger partial charge on any atom is -0.455 e. The third-order valence-electron chi connectivity index (χ3n) is 14.6. The summed E-state index contributed by atoms with van der Waals surface area (Å²) in [4.78, 5) is 4.75. The Bertz CT molecular complexity index is 3560. The van der Waals surface area contributed by atoms with Crippen LogP contribution in [0.1, 0.15) is 58.4 Å². The summed E-state index contributed by atoms with van der Waals surface area (Å²) in [7, 11) is 0. The number of anilines is 3. The molecule has 0 aromatic heterocycles. The summed E-state index contributed by atoms with van der Waals surface area (Å²) >= 11 is 1.81. The number of nitrogens with zero attached hydrogens (tertiary/aromatic N) is 1. The van der Waals surface area contributed by atoms with Crippen molar-refractivity contribution in [3.8, 4) is 33.8 Å². The van der Waals surface area contributed by atoms with Gasteiger partial charge in [-0.05, 0) is 127 Å². The van der Waals surface area contributed by atoms with Gasteiger partial charge in [0.15, 0.2) is 0 Å². The predicted octanol–water partition coefficient (Wildman–Crippen LogP) is 17.7. The monoisotopic (exact) mass is 901 g/mol. The Labute approximate surface area is 408 Å². The lowest BCUT2D eigenvalue weighted by Crippen LogP contribution is -2.28. The number of ether oxygens (including phenoxy) is 1. The van der Waals surface area contributed by atoms with Gasteiger partial charge < -0.3 is 9.64 Å². The van der Waals surface area contributed by atoms with E-state index in [1.165, 1.54) is 77.9 Å². The van der Waals surface area contributed by atoms with E-state index in [0.717, 1.165) is 38.4 Å². The molecule has 10 aromatic carbocycles. The molecule has 0 atom stereocenters. The summed E-state index contributed by atoms with van der Waals surface area (Å²) in [6.45, 7) is 4.79. The fourth-order valence-corrected chi connectivity index (χ4v) is 12.7. The lowest BCUT2D eigenvalue weighted by atomic mass is 9.67. The van der Waals surface area contributed by atoms with Crippen LogP contribution in [0.2, 0.25) is 0 Å². The Morgan fingerprint density at radius 3 is 1.54 bits per heavy atom. The van der Waals surface area contributed by atoms with Crippen LogP contribution in [0.4, 0.5) is 17.1 Å². The smallest absolute Gasteiger partial charge is 0.142 e. The quantitative estimate of drug-likeness (QED) is 0.151. The summed E-state index contributed by atoms with van der Waals surface area (Å²) in [6, 6.07) is 91.1. The summed E-state index contributed by atoms with van der Waals surface area (Å²) in [6.07, 6.45) is 0. The fraction of sp³-hybridized carbons (Fsp3) is 0.0606. The van der Waals surface area contributed by atoms with Crippen LogP contribution in [0.5, 0.6) is 11.5 Å². The van der Waals surface area contributed by atoms with Crippen molar-refractivity contribution in [2.45, 2.75) is 34.5 Å². The second kappa shape index (κ2) is 16.3. The lowest BCUT2D eigenvalue weighted by Gasteiger charge is -2.35. The molecule has 13 rings (SSSR count). The molecule has 10 aromatic rings. The SMILES string of the molecule is CC1(C)C(c2ccccc2)=C(c2ccccc2)c2ccc(N(c3ccc(-c4ccccc4)cc3)c3ccc4c(c3)C(c3ccccc3)(c3ccccc3)c3ccc5c(c3-4)Sc3ccccc3O5)cc21. The number of hydrogen-bond acceptors (Lipinski definition) is 3. The van der Waals surface area contributed by atoms with Crippen molar-refractivity contribution < 1.29 is 4.74 Å². The molecule has 0 unspecified atom stereocenters. The van der Waals surface area contributed by atoms with Crippen LogP contribution in [0.15, 0.2) is 259 Å². The molecule has 1 aliphatic heterocycles. The first-order valence-electron chi connectivity index (χ1n) is 23.8. The molecule has 0 saturated heterocycles. The zero-order chi connectivity index (χ0) is 46.1. The van der Waals surface area contributed by atoms with Gasteiger partial charge in [-0.25, -0.2) is 0 Å². The van der Waals surface area contributed by atoms with E-state index < -0.39 is 5.41 Å². The second-order valence-corrected chi connectivity index (χ2v) is 19.8.